The van der Waals surface area contributed by atoms with E-state index in [9.17, 15) is 8.76 Å². The van der Waals surface area contributed by atoms with Crippen LogP contribution in [0.25, 0.3) is 0 Å². The summed E-state index contributed by atoms with van der Waals surface area (Å²) in [5.74, 6) is 0.929. The molecular formula is C20H26N2O3S2. The van der Waals surface area contributed by atoms with Gasteiger partial charge in [-0.1, -0.05) is 34.6 Å². The van der Waals surface area contributed by atoms with Crippen LogP contribution in [0.4, 0.5) is 5.69 Å². The van der Waals surface area contributed by atoms with Gasteiger partial charge in [0.1, 0.15) is 11.4 Å². The number of para-hydroxylation sites is 2. The van der Waals surface area contributed by atoms with Crippen LogP contribution in [-0.4, -0.2) is 40.6 Å². The van der Waals surface area contributed by atoms with E-state index in [1.807, 2.05) is 17.5 Å². The van der Waals surface area contributed by atoms with Crippen LogP contribution in [0.5, 0.6) is 5.75 Å². The van der Waals surface area contributed by atoms with Crippen molar-refractivity contribution < 1.29 is 13.5 Å². The van der Waals surface area contributed by atoms with Crippen LogP contribution in [0.1, 0.15) is 32.6 Å². The highest BCUT2D eigenvalue weighted by Gasteiger charge is 2.44. The van der Waals surface area contributed by atoms with Crippen molar-refractivity contribution in [2.24, 2.45) is 0 Å². The average Bonchev–Trinajstić information content (AvgIpc) is 3.18. The number of ether oxygens (including phenoxy) is 1. The molecule has 1 unspecified atom stereocenters. The van der Waals surface area contributed by atoms with E-state index in [4.69, 9.17) is 4.74 Å². The molecule has 0 radical (unpaired) electrons. The highest BCUT2D eigenvalue weighted by Crippen LogP contribution is 2.41. The van der Waals surface area contributed by atoms with Gasteiger partial charge in [-0.15, -0.1) is 4.31 Å². The number of fused-ring (bicyclic) bond motifs is 1. The summed E-state index contributed by atoms with van der Waals surface area (Å²) in [6.45, 7) is 5.17. The zero-order valence-corrected chi connectivity index (χ0v) is 17.3. The van der Waals surface area contributed by atoms with Crippen molar-refractivity contribution in [1.29, 1.82) is 0 Å². The maximum absolute atomic E-state index is 12.8. The fourth-order valence-electron chi connectivity index (χ4n) is 4.07. The summed E-state index contributed by atoms with van der Waals surface area (Å²) >= 11 is 1.28. The SMILES string of the molecule is CCCN1CCC2(CCN([S+](=O)([O-])c3cccs3)CC2)Oc2ccccc21. The Morgan fingerprint density at radius 2 is 1.89 bits per heavy atom. The Hall–Kier alpha value is -1.41. The molecule has 5 nitrogen and oxygen atoms in total. The number of anilines is 1. The molecule has 1 aromatic carbocycles. The predicted molar refractivity (Wildman–Crippen MR) is 109 cm³/mol. The summed E-state index contributed by atoms with van der Waals surface area (Å²) in [5, 5.41) is 1.81. The topological polar surface area (TPSA) is 55.8 Å². The molecule has 146 valence electrons. The highest BCUT2D eigenvalue weighted by molar-refractivity contribution is 7.97. The molecule has 0 bridgehead atoms. The van der Waals surface area contributed by atoms with Gasteiger partial charge in [-0.2, -0.15) is 0 Å². The first-order chi connectivity index (χ1) is 13.0. The van der Waals surface area contributed by atoms with Crippen molar-refractivity contribution in [2.45, 2.75) is 42.4 Å². The molecule has 2 aromatic rings. The fraction of sp³-hybridized carbons (Fsp3) is 0.500. The van der Waals surface area contributed by atoms with E-state index in [1.54, 1.807) is 16.4 Å². The van der Waals surface area contributed by atoms with Gasteiger partial charge >= 0.3 is 0 Å². The van der Waals surface area contributed by atoms with E-state index < -0.39 is 10.4 Å². The molecule has 1 aromatic heterocycles. The Bertz CT molecular complexity index is 816. The lowest BCUT2D eigenvalue weighted by atomic mass is 9.88. The van der Waals surface area contributed by atoms with Gasteiger partial charge in [-0.05, 0) is 30.0 Å². The summed E-state index contributed by atoms with van der Waals surface area (Å²) in [5.41, 5.74) is 0.880. The molecule has 0 amide bonds. The minimum absolute atomic E-state index is 0.278. The standard InChI is InChI=1S/C20H26N2O3S2/c1-2-12-21-13-9-20(25-18-7-4-3-6-17(18)21)10-14-22(15-11-20)27(23,24)19-8-5-16-26-19/h3-8,16H,2,9-15H2,1H3. The Labute approximate surface area is 166 Å². The summed E-state index contributed by atoms with van der Waals surface area (Å²) in [7, 11) is -3.38. The molecule has 2 aliphatic heterocycles. The van der Waals surface area contributed by atoms with Gasteiger partial charge in [0.2, 0.25) is 4.21 Å². The van der Waals surface area contributed by atoms with E-state index in [-0.39, 0.29) is 5.60 Å². The molecule has 7 heteroatoms. The van der Waals surface area contributed by atoms with Gasteiger partial charge in [0, 0.05) is 51.5 Å². The molecule has 3 heterocycles. The molecule has 1 fully saturated rings. The predicted octanol–water partition coefficient (Wildman–Crippen LogP) is 4.19. The first-order valence-corrected chi connectivity index (χ1v) is 11.9. The van der Waals surface area contributed by atoms with Gasteiger partial charge in [-0.3, -0.25) is 0 Å². The Kier molecular flexibility index (Phi) is 5.29. The fourth-order valence-corrected chi connectivity index (χ4v) is 6.66. The van der Waals surface area contributed by atoms with Crippen LogP contribution in [0, 0.1) is 0 Å². The summed E-state index contributed by atoms with van der Waals surface area (Å²) in [6, 6.07) is 11.7. The van der Waals surface area contributed by atoms with Crippen molar-refractivity contribution in [3.05, 3.63) is 41.8 Å². The lowest BCUT2D eigenvalue weighted by Gasteiger charge is -2.41. The number of hydrogen-bond donors (Lipinski definition) is 0. The molecule has 4 rings (SSSR count). The molecular weight excluding hydrogens is 380 g/mol. The lowest BCUT2D eigenvalue weighted by Crippen LogP contribution is -2.51. The van der Waals surface area contributed by atoms with E-state index in [0.717, 1.165) is 50.2 Å². The number of rotatable bonds is 4. The molecule has 0 aliphatic carbocycles. The Morgan fingerprint density at radius 1 is 1.15 bits per heavy atom. The zero-order valence-electron chi connectivity index (χ0n) is 15.6. The van der Waals surface area contributed by atoms with Crippen molar-refractivity contribution >= 4 is 27.4 Å². The molecule has 1 spiro atoms. The number of thiophene rings is 1. The van der Waals surface area contributed by atoms with Gasteiger partial charge in [0.15, 0.2) is 10.4 Å². The van der Waals surface area contributed by atoms with E-state index in [2.05, 4.69) is 24.0 Å². The van der Waals surface area contributed by atoms with Crippen molar-refractivity contribution in [1.82, 2.24) is 4.31 Å². The van der Waals surface area contributed by atoms with Crippen LogP contribution in [-0.2, 0) is 14.6 Å². The van der Waals surface area contributed by atoms with E-state index >= 15 is 0 Å². The molecule has 2 aliphatic rings. The maximum Gasteiger partial charge on any atom is 0.229 e. The van der Waals surface area contributed by atoms with Crippen molar-refractivity contribution in [3.8, 4) is 5.75 Å². The summed E-state index contributed by atoms with van der Waals surface area (Å²) in [6.07, 6.45) is 3.47. The summed E-state index contributed by atoms with van der Waals surface area (Å²) in [4.78, 5) is 2.40. The molecule has 0 N–H and O–H groups in total. The average molecular weight is 407 g/mol. The third kappa shape index (κ3) is 3.66. The molecule has 0 saturated carbocycles. The maximum atomic E-state index is 12.8. The molecule has 27 heavy (non-hydrogen) atoms. The monoisotopic (exact) mass is 406 g/mol. The quantitative estimate of drug-likeness (QED) is 0.715. The second-order valence-electron chi connectivity index (χ2n) is 7.33. The third-order valence-electron chi connectivity index (χ3n) is 5.59. The Balaban J connectivity index is 1.52. The number of benzene rings is 1. The minimum atomic E-state index is -3.38. The van der Waals surface area contributed by atoms with Crippen LogP contribution in [0.15, 0.2) is 46.0 Å². The number of nitrogens with zero attached hydrogens (tertiary/aromatic N) is 2. The van der Waals surface area contributed by atoms with Crippen molar-refractivity contribution in [3.63, 3.8) is 0 Å². The lowest BCUT2D eigenvalue weighted by molar-refractivity contribution is 0.0168. The zero-order chi connectivity index (χ0) is 18.9. The van der Waals surface area contributed by atoms with Crippen LogP contribution in [0.3, 0.4) is 0 Å². The van der Waals surface area contributed by atoms with Gasteiger partial charge in [-0.25, -0.2) is 0 Å². The van der Waals surface area contributed by atoms with Crippen molar-refractivity contribution in [2.75, 3.05) is 31.1 Å². The van der Waals surface area contributed by atoms with Gasteiger partial charge in [0.05, 0.1) is 5.69 Å². The second-order valence-corrected chi connectivity index (χ2v) is 10.4. The summed E-state index contributed by atoms with van der Waals surface area (Å²) < 4.78 is 34.2. The normalized spacial score (nSPS) is 21.9. The third-order valence-corrected chi connectivity index (χ3v) is 8.86. The van der Waals surface area contributed by atoms with Crippen LogP contribution < -0.4 is 9.64 Å². The second kappa shape index (κ2) is 7.54. The van der Waals surface area contributed by atoms with Gasteiger partial charge < -0.3 is 14.2 Å². The smallest absolute Gasteiger partial charge is 0.229 e. The first-order valence-electron chi connectivity index (χ1n) is 9.61. The minimum Gasteiger partial charge on any atom is -0.592 e. The molecule has 1 atom stereocenters. The number of sulfonamides is 1. The Morgan fingerprint density at radius 3 is 2.59 bits per heavy atom. The highest BCUT2D eigenvalue weighted by atomic mass is 32.3. The number of hydrogen-bond acceptors (Lipinski definition) is 5. The largest absolute Gasteiger partial charge is 0.592 e. The van der Waals surface area contributed by atoms with E-state index in [1.165, 1.54) is 11.3 Å². The van der Waals surface area contributed by atoms with E-state index in [0.29, 0.717) is 17.3 Å². The van der Waals surface area contributed by atoms with Crippen LogP contribution in [0.2, 0.25) is 0 Å². The number of piperidine rings is 1. The van der Waals surface area contributed by atoms with Gasteiger partial charge in [0.25, 0.3) is 0 Å². The van der Waals surface area contributed by atoms with Crippen LogP contribution >= 0.6 is 11.3 Å². The molecule has 1 saturated heterocycles. The first kappa shape index (κ1) is 18.9.